The quantitative estimate of drug-likeness (QED) is 0.626. The lowest BCUT2D eigenvalue weighted by atomic mass is 9.92. The fraction of sp³-hybridized carbons (Fsp3) is 0.308. The third kappa shape index (κ3) is 3.33. The highest BCUT2D eigenvalue weighted by Crippen LogP contribution is 2.33. The molecule has 0 atom stereocenters. The van der Waals surface area contributed by atoms with Crippen molar-refractivity contribution in [2.45, 2.75) is 26.2 Å². The summed E-state index contributed by atoms with van der Waals surface area (Å²) in [6, 6.07) is 3.76. The van der Waals surface area contributed by atoms with E-state index < -0.39 is 0 Å². The van der Waals surface area contributed by atoms with Crippen LogP contribution in [0.2, 0.25) is 5.15 Å². The summed E-state index contributed by atoms with van der Waals surface area (Å²) in [6.07, 6.45) is 1.71. The molecule has 0 fully saturated rings. The molecule has 2 aromatic rings. The van der Waals surface area contributed by atoms with Crippen molar-refractivity contribution in [1.82, 2.24) is 15.0 Å². The van der Waals surface area contributed by atoms with Gasteiger partial charge in [0.15, 0.2) is 5.82 Å². The smallest absolute Gasteiger partial charge is 0.179 e. The van der Waals surface area contributed by atoms with Gasteiger partial charge in [-0.2, -0.15) is 0 Å². The fourth-order valence-corrected chi connectivity index (χ4v) is 2.72. The summed E-state index contributed by atoms with van der Waals surface area (Å²) in [5.41, 5.74) is 1.44. The van der Waals surface area contributed by atoms with Crippen LogP contribution in [0.4, 0.5) is 0 Å². The molecular weight excluding hydrogens is 393 g/mol. The van der Waals surface area contributed by atoms with Crippen LogP contribution in [0.15, 0.2) is 27.3 Å². The van der Waals surface area contributed by atoms with E-state index in [0.29, 0.717) is 16.7 Å². The Balaban J connectivity index is 2.60. The van der Waals surface area contributed by atoms with Crippen molar-refractivity contribution in [3.63, 3.8) is 0 Å². The zero-order valence-corrected chi connectivity index (χ0v) is 14.6. The highest BCUT2D eigenvalue weighted by Gasteiger charge is 2.23. The van der Waals surface area contributed by atoms with Crippen LogP contribution in [-0.2, 0) is 5.41 Å². The van der Waals surface area contributed by atoms with E-state index >= 15 is 0 Å². The number of pyridine rings is 1. The molecule has 0 aliphatic heterocycles. The molecular formula is C13H12Br2ClN3. The van der Waals surface area contributed by atoms with Crippen LogP contribution < -0.4 is 0 Å². The zero-order valence-electron chi connectivity index (χ0n) is 10.7. The Kier molecular flexibility index (Phi) is 4.28. The van der Waals surface area contributed by atoms with E-state index in [-0.39, 0.29) is 5.41 Å². The molecule has 6 heteroatoms. The predicted octanol–water partition coefficient (Wildman–Crippen LogP) is 5.01. The summed E-state index contributed by atoms with van der Waals surface area (Å²) in [5, 5.41) is 0.402. The van der Waals surface area contributed by atoms with Gasteiger partial charge in [0.25, 0.3) is 0 Å². The maximum atomic E-state index is 6.17. The molecule has 0 N–H and O–H groups in total. The molecule has 19 heavy (non-hydrogen) atoms. The van der Waals surface area contributed by atoms with E-state index in [1.165, 1.54) is 0 Å². The third-order valence-electron chi connectivity index (χ3n) is 2.48. The molecule has 2 heterocycles. The summed E-state index contributed by atoms with van der Waals surface area (Å²) < 4.78 is 1.65. The van der Waals surface area contributed by atoms with Gasteiger partial charge in [0, 0.05) is 16.1 Å². The van der Waals surface area contributed by atoms with E-state index in [0.717, 1.165) is 14.6 Å². The van der Waals surface area contributed by atoms with Crippen molar-refractivity contribution >= 4 is 43.5 Å². The van der Waals surface area contributed by atoms with Crippen LogP contribution in [0.5, 0.6) is 0 Å². The number of nitrogens with zero attached hydrogens (tertiary/aromatic N) is 3. The van der Waals surface area contributed by atoms with E-state index in [1.807, 2.05) is 12.1 Å². The predicted molar refractivity (Wildman–Crippen MR) is 84.4 cm³/mol. The van der Waals surface area contributed by atoms with Gasteiger partial charge in [-0.1, -0.05) is 32.4 Å². The summed E-state index contributed by atoms with van der Waals surface area (Å²) in [7, 11) is 0. The molecule has 3 nitrogen and oxygen atoms in total. The van der Waals surface area contributed by atoms with E-state index in [1.54, 1.807) is 6.20 Å². The standard InChI is InChI=1S/C13H12Br2ClN3/c1-13(2,3)10-9(15)11(16)19-12(18-10)8-5-4-7(14)6-17-8/h4-6H,1-3H3. The Morgan fingerprint density at radius 3 is 2.32 bits per heavy atom. The van der Waals surface area contributed by atoms with Crippen molar-refractivity contribution in [3.8, 4) is 11.5 Å². The maximum absolute atomic E-state index is 6.17. The Morgan fingerprint density at radius 1 is 1.11 bits per heavy atom. The fourth-order valence-electron chi connectivity index (χ4n) is 1.54. The molecule has 0 aliphatic carbocycles. The zero-order chi connectivity index (χ0) is 14.2. The Labute approximate surface area is 134 Å². The van der Waals surface area contributed by atoms with Crippen molar-refractivity contribution in [2.24, 2.45) is 0 Å². The van der Waals surface area contributed by atoms with Gasteiger partial charge in [-0.05, 0) is 44.0 Å². The highest BCUT2D eigenvalue weighted by atomic mass is 79.9. The molecule has 0 aromatic carbocycles. The first kappa shape index (κ1) is 14.9. The minimum Gasteiger partial charge on any atom is -0.252 e. The molecule has 100 valence electrons. The molecule has 0 bridgehead atoms. The molecule has 0 aliphatic rings. The average Bonchev–Trinajstić information content (AvgIpc) is 2.32. The number of hydrogen-bond donors (Lipinski definition) is 0. The first-order valence-electron chi connectivity index (χ1n) is 5.64. The largest absolute Gasteiger partial charge is 0.252 e. The first-order chi connectivity index (χ1) is 8.79. The molecule has 0 unspecified atom stereocenters. The Bertz CT molecular complexity index is 607. The van der Waals surface area contributed by atoms with E-state index in [4.69, 9.17) is 11.6 Å². The van der Waals surface area contributed by atoms with Gasteiger partial charge in [0.1, 0.15) is 10.8 Å². The second-order valence-corrected chi connectivity index (χ2v) is 7.18. The SMILES string of the molecule is CC(C)(C)c1nc(-c2ccc(Br)cn2)nc(Cl)c1Br. The number of hydrogen-bond acceptors (Lipinski definition) is 3. The first-order valence-corrected chi connectivity index (χ1v) is 7.61. The van der Waals surface area contributed by atoms with E-state index in [9.17, 15) is 0 Å². The number of aromatic nitrogens is 3. The van der Waals surface area contributed by atoms with Gasteiger partial charge in [0.2, 0.25) is 0 Å². The molecule has 0 spiro atoms. The lowest BCUT2D eigenvalue weighted by Crippen LogP contribution is -2.16. The van der Waals surface area contributed by atoms with Gasteiger partial charge in [0.05, 0.1) is 10.2 Å². The van der Waals surface area contributed by atoms with Crippen molar-refractivity contribution in [3.05, 3.63) is 38.1 Å². The van der Waals surface area contributed by atoms with Crippen LogP contribution in [0.25, 0.3) is 11.5 Å². The van der Waals surface area contributed by atoms with Gasteiger partial charge < -0.3 is 0 Å². The second kappa shape index (κ2) is 5.46. The molecule has 2 rings (SSSR count). The Morgan fingerprint density at radius 2 is 1.79 bits per heavy atom. The minimum atomic E-state index is -0.129. The number of halogens is 3. The molecule has 0 amide bonds. The molecule has 0 saturated heterocycles. The monoisotopic (exact) mass is 403 g/mol. The van der Waals surface area contributed by atoms with Crippen molar-refractivity contribution < 1.29 is 0 Å². The van der Waals surface area contributed by atoms with Crippen molar-refractivity contribution in [1.29, 1.82) is 0 Å². The van der Waals surface area contributed by atoms with Crippen LogP contribution in [0.3, 0.4) is 0 Å². The van der Waals surface area contributed by atoms with Crippen LogP contribution in [0.1, 0.15) is 26.5 Å². The summed E-state index contributed by atoms with van der Waals surface area (Å²) in [4.78, 5) is 13.2. The van der Waals surface area contributed by atoms with Crippen LogP contribution in [0, 0.1) is 0 Å². The average molecular weight is 406 g/mol. The van der Waals surface area contributed by atoms with Gasteiger partial charge in [-0.15, -0.1) is 0 Å². The van der Waals surface area contributed by atoms with Gasteiger partial charge >= 0.3 is 0 Å². The van der Waals surface area contributed by atoms with Crippen LogP contribution in [-0.4, -0.2) is 15.0 Å². The summed E-state index contributed by atoms with van der Waals surface area (Å²) in [6.45, 7) is 6.24. The summed E-state index contributed by atoms with van der Waals surface area (Å²) in [5.74, 6) is 0.533. The van der Waals surface area contributed by atoms with Gasteiger partial charge in [-0.3, -0.25) is 4.98 Å². The maximum Gasteiger partial charge on any atom is 0.179 e. The third-order valence-corrected chi connectivity index (χ3v) is 4.20. The second-order valence-electron chi connectivity index (χ2n) is 5.11. The van der Waals surface area contributed by atoms with E-state index in [2.05, 4.69) is 67.6 Å². The normalized spacial score (nSPS) is 11.7. The lowest BCUT2D eigenvalue weighted by Gasteiger charge is -2.20. The number of rotatable bonds is 1. The van der Waals surface area contributed by atoms with Crippen LogP contribution >= 0.6 is 43.5 Å². The Hall–Kier alpha value is -0.520. The minimum absolute atomic E-state index is 0.129. The highest BCUT2D eigenvalue weighted by molar-refractivity contribution is 9.10. The molecule has 2 aromatic heterocycles. The summed E-state index contributed by atoms with van der Waals surface area (Å²) >= 11 is 13.0. The molecule has 0 saturated carbocycles. The van der Waals surface area contributed by atoms with Gasteiger partial charge in [-0.25, -0.2) is 9.97 Å². The molecule has 0 radical (unpaired) electrons. The van der Waals surface area contributed by atoms with Crippen molar-refractivity contribution in [2.75, 3.05) is 0 Å². The lowest BCUT2D eigenvalue weighted by molar-refractivity contribution is 0.564. The topological polar surface area (TPSA) is 38.7 Å².